The summed E-state index contributed by atoms with van der Waals surface area (Å²) in [7, 11) is 0. The Kier molecular flexibility index (Phi) is 52.3. The number of amides is 1. The highest BCUT2D eigenvalue weighted by Gasteiger charge is 2.20. The van der Waals surface area contributed by atoms with E-state index in [1.54, 1.807) is 0 Å². The molecule has 4 nitrogen and oxygen atoms in total. The van der Waals surface area contributed by atoms with Gasteiger partial charge < -0.3 is 15.5 Å². The third kappa shape index (κ3) is 50.7. The van der Waals surface area contributed by atoms with Gasteiger partial charge in [-0.05, 0) is 64.2 Å². The lowest BCUT2D eigenvalue weighted by Crippen LogP contribution is -2.45. The molecule has 2 unspecified atom stereocenters. The Hall–Kier alpha value is -2.17. The maximum Gasteiger partial charge on any atom is 0.220 e. The smallest absolute Gasteiger partial charge is 0.220 e. The van der Waals surface area contributed by atoms with Gasteiger partial charge in [-0.15, -0.1) is 0 Å². The Labute approximate surface area is 393 Å². The summed E-state index contributed by atoms with van der Waals surface area (Å²) in [6.45, 7) is 4.25. The monoisotopic (exact) mass is 878 g/mol. The van der Waals surface area contributed by atoms with Crippen molar-refractivity contribution in [2.75, 3.05) is 6.61 Å². The highest BCUT2D eigenvalue weighted by molar-refractivity contribution is 5.76. The number of hydrogen-bond donors (Lipinski definition) is 3. The van der Waals surface area contributed by atoms with Crippen molar-refractivity contribution >= 4 is 5.91 Å². The number of carbonyl (C=O) groups excluding carboxylic acids is 1. The SMILES string of the molecule is CC/C=C\C/C=C\C/C=C\C/C=C\C/C=C\C/C=C\CCCCCCC(=O)NC(CO)C(O)CCCCCCCCCCCCCCCCCCCCCCCCCCCCCC. The average molecular weight is 879 g/mol. The fraction of sp³-hybridized carbons (Fsp3) is 0.780. The maximum absolute atomic E-state index is 12.5. The van der Waals surface area contributed by atoms with Crippen LogP contribution >= 0.6 is 0 Å². The van der Waals surface area contributed by atoms with Gasteiger partial charge in [-0.25, -0.2) is 0 Å². The number of aliphatic hydroxyl groups is 2. The zero-order valence-electron chi connectivity index (χ0n) is 42.1. The van der Waals surface area contributed by atoms with Gasteiger partial charge in [0.25, 0.3) is 0 Å². The van der Waals surface area contributed by atoms with Gasteiger partial charge >= 0.3 is 0 Å². The Bertz CT molecular complexity index is 1090. The molecule has 63 heavy (non-hydrogen) atoms. The highest BCUT2D eigenvalue weighted by Crippen LogP contribution is 2.17. The average Bonchev–Trinajstić information content (AvgIpc) is 3.29. The van der Waals surface area contributed by atoms with Crippen LogP contribution in [0.3, 0.4) is 0 Å². The van der Waals surface area contributed by atoms with Crippen molar-refractivity contribution in [2.24, 2.45) is 0 Å². The van der Waals surface area contributed by atoms with Crippen molar-refractivity contribution in [2.45, 2.75) is 289 Å². The molecule has 0 saturated heterocycles. The van der Waals surface area contributed by atoms with Gasteiger partial charge in [0.1, 0.15) is 0 Å². The minimum Gasteiger partial charge on any atom is -0.394 e. The quantitative estimate of drug-likeness (QED) is 0.0421. The van der Waals surface area contributed by atoms with E-state index in [9.17, 15) is 15.0 Å². The second-order valence-corrected chi connectivity index (χ2v) is 18.6. The molecule has 2 atom stereocenters. The van der Waals surface area contributed by atoms with E-state index in [0.717, 1.165) is 83.5 Å². The molecule has 0 rings (SSSR count). The third-order valence-corrected chi connectivity index (χ3v) is 12.5. The number of aliphatic hydroxyl groups excluding tert-OH is 2. The molecule has 0 aromatic rings. The minimum absolute atomic E-state index is 0.0551. The standard InChI is InChI=1S/C59H107NO3/c1-3-5-7-9-11-13-15-17-19-21-23-25-27-28-29-30-31-33-34-36-38-40-42-44-46-48-50-52-54-58(62)57(56-61)60-59(63)55-53-51-49-47-45-43-41-39-37-35-32-26-24-22-20-18-16-14-12-10-8-6-4-2/h6,8,12,14,18,20,24,26,35,37,41,43,57-58,61-62H,3-5,7,9-11,13,15-17,19,21-23,25,27-34,36,38-40,42,44-56H2,1-2H3,(H,60,63)/b8-6-,14-12-,20-18-,26-24-,37-35-,43-41-. The normalized spacial score (nSPS) is 13.4. The van der Waals surface area contributed by atoms with E-state index >= 15 is 0 Å². The van der Waals surface area contributed by atoms with Crippen LogP contribution in [-0.2, 0) is 4.79 Å². The molecule has 0 heterocycles. The van der Waals surface area contributed by atoms with E-state index in [1.165, 1.54) is 167 Å². The summed E-state index contributed by atoms with van der Waals surface area (Å²) in [4.78, 5) is 12.5. The van der Waals surface area contributed by atoms with Crippen LogP contribution in [0.4, 0.5) is 0 Å². The van der Waals surface area contributed by atoms with Crippen LogP contribution in [0.25, 0.3) is 0 Å². The van der Waals surface area contributed by atoms with Crippen molar-refractivity contribution in [1.29, 1.82) is 0 Å². The van der Waals surface area contributed by atoms with Gasteiger partial charge in [0, 0.05) is 6.42 Å². The van der Waals surface area contributed by atoms with E-state index < -0.39 is 12.1 Å². The number of hydrogen-bond acceptors (Lipinski definition) is 3. The zero-order chi connectivity index (χ0) is 45.6. The van der Waals surface area contributed by atoms with Crippen LogP contribution in [0.5, 0.6) is 0 Å². The molecule has 0 bridgehead atoms. The van der Waals surface area contributed by atoms with Gasteiger partial charge in [0.05, 0.1) is 18.8 Å². The van der Waals surface area contributed by atoms with Gasteiger partial charge in [-0.1, -0.05) is 279 Å². The lowest BCUT2D eigenvalue weighted by molar-refractivity contribution is -0.123. The van der Waals surface area contributed by atoms with Crippen molar-refractivity contribution in [3.8, 4) is 0 Å². The lowest BCUT2D eigenvalue weighted by Gasteiger charge is -2.22. The van der Waals surface area contributed by atoms with Crippen molar-refractivity contribution in [3.63, 3.8) is 0 Å². The van der Waals surface area contributed by atoms with Gasteiger partial charge in [0.2, 0.25) is 5.91 Å². The first kappa shape index (κ1) is 60.8. The lowest BCUT2D eigenvalue weighted by atomic mass is 10.0. The van der Waals surface area contributed by atoms with Crippen molar-refractivity contribution < 1.29 is 15.0 Å². The molecule has 0 spiro atoms. The maximum atomic E-state index is 12.5. The fourth-order valence-electron chi connectivity index (χ4n) is 8.31. The summed E-state index contributed by atoms with van der Waals surface area (Å²) in [5.41, 5.74) is 0. The number of rotatable bonds is 50. The first-order chi connectivity index (χ1) is 31.2. The van der Waals surface area contributed by atoms with Gasteiger partial charge in [-0.2, -0.15) is 0 Å². The molecule has 3 N–H and O–H groups in total. The molecule has 0 aromatic heterocycles. The second kappa shape index (κ2) is 54.2. The van der Waals surface area contributed by atoms with E-state index in [1.807, 2.05) is 0 Å². The number of nitrogens with one attached hydrogen (secondary N) is 1. The predicted octanol–water partition coefficient (Wildman–Crippen LogP) is 18.2. The zero-order valence-corrected chi connectivity index (χ0v) is 42.1. The van der Waals surface area contributed by atoms with Crippen LogP contribution < -0.4 is 5.32 Å². The molecule has 4 heteroatoms. The van der Waals surface area contributed by atoms with Crippen LogP contribution in [-0.4, -0.2) is 34.9 Å². The predicted molar refractivity (Wildman–Crippen MR) is 281 cm³/mol. The summed E-state index contributed by atoms with van der Waals surface area (Å²) >= 11 is 0. The first-order valence-electron chi connectivity index (χ1n) is 27.6. The minimum atomic E-state index is -0.676. The number of carbonyl (C=O) groups is 1. The molecule has 1 amide bonds. The summed E-state index contributed by atoms with van der Waals surface area (Å²) in [6.07, 6.45) is 77.4. The highest BCUT2D eigenvalue weighted by atomic mass is 16.3. The largest absolute Gasteiger partial charge is 0.394 e. The molecule has 0 aliphatic carbocycles. The number of allylic oxidation sites excluding steroid dienone is 12. The van der Waals surface area contributed by atoms with Gasteiger partial charge in [0.15, 0.2) is 0 Å². The van der Waals surface area contributed by atoms with Crippen molar-refractivity contribution in [1.82, 2.24) is 5.32 Å². The van der Waals surface area contributed by atoms with Crippen molar-refractivity contribution in [3.05, 3.63) is 72.9 Å². The third-order valence-electron chi connectivity index (χ3n) is 12.5. The summed E-state index contributed by atoms with van der Waals surface area (Å²) < 4.78 is 0. The van der Waals surface area contributed by atoms with Crippen LogP contribution in [0, 0.1) is 0 Å². The molecular weight excluding hydrogens is 771 g/mol. The molecule has 0 aliphatic heterocycles. The fourth-order valence-corrected chi connectivity index (χ4v) is 8.31. The van der Waals surface area contributed by atoms with E-state index in [4.69, 9.17) is 0 Å². The summed E-state index contributed by atoms with van der Waals surface area (Å²) in [6, 6.07) is -0.556. The Morgan fingerprint density at radius 2 is 0.698 bits per heavy atom. The second-order valence-electron chi connectivity index (χ2n) is 18.6. The van der Waals surface area contributed by atoms with E-state index in [2.05, 4.69) is 92.1 Å². The summed E-state index contributed by atoms with van der Waals surface area (Å²) in [5, 5.41) is 23.3. The van der Waals surface area contributed by atoms with Crippen LogP contribution in [0.15, 0.2) is 72.9 Å². The molecular formula is C59H107NO3. The first-order valence-corrected chi connectivity index (χ1v) is 27.6. The molecule has 0 fully saturated rings. The molecule has 0 aliphatic rings. The molecule has 0 saturated carbocycles. The van der Waals surface area contributed by atoms with E-state index in [0.29, 0.717) is 12.8 Å². The van der Waals surface area contributed by atoms with Crippen LogP contribution in [0.2, 0.25) is 0 Å². The Morgan fingerprint density at radius 1 is 0.397 bits per heavy atom. The topological polar surface area (TPSA) is 69.6 Å². The Balaban J connectivity index is 3.52. The van der Waals surface area contributed by atoms with Crippen LogP contribution in [0.1, 0.15) is 277 Å². The molecule has 366 valence electrons. The molecule has 0 radical (unpaired) electrons. The van der Waals surface area contributed by atoms with E-state index in [-0.39, 0.29) is 12.5 Å². The number of unbranched alkanes of at least 4 members (excludes halogenated alkanes) is 31. The molecule has 0 aromatic carbocycles. The van der Waals surface area contributed by atoms with Gasteiger partial charge in [-0.3, -0.25) is 4.79 Å². The Morgan fingerprint density at radius 3 is 1.05 bits per heavy atom. The summed E-state index contributed by atoms with van der Waals surface area (Å²) in [5.74, 6) is -0.0551.